The summed E-state index contributed by atoms with van der Waals surface area (Å²) in [6, 6.07) is 5.93. The molecule has 136 valence electrons. The van der Waals surface area contributed by atoms with Gasteiger partial charge in [0.05, 0.1) is 29.6 Å². The molecule has 0 aliphatic heterocycles. The topological polar surface area (TPSA) is 81.9 Å². The van der Waals surface area contributed by atoms with Gasteiger partial charge in [-0.15, -0.1) is 0 Å². The van der Waals surface area contributed by atoms with E-state index in [0.717, 1.165) is 5.39 Å². The Kier molecular flexibility index (Phi) is 5.79. The first kappa shape index (κ1) is 18.3. The van der Waals surface area contributed by atoms with E-state index in [9.17, 15) is 9.18 Å². The maximum absolute atomic E-state index is 13.1. The number of carbonyl (C=O) groups is 1. The molecule has 2 aromatic heterocycles. The number of ether oxygens (including phenoxy) is 1. The van der Waals surface area contributed by atoms with E-state index < -0.39 is 0 Å². The second-order valence-electron chi connectivity index (χ2n) is 5.66. The lowest BCUT2D eigenvalue weighted by molar-refractivity contribution is -0.119. The lowest BCUT2D eigenvalue weighted by atomic mass is 10.3. The van der Waals surface area contributed by atoms with Crippen molar-refractivity contribution in [3.8, 4) is 5.69 Å². The van der Waals surface area contributed by atoms with E-state index in [-0.39, 0.29) is 23.5 Å². The van der Waals surface area contributed by atoms with Crippen LogP contribution in [0.3, 0.4) is 0 Å². The Morgan fingerprint density at radius 2 is 2.12 bits per heavy atom. The van der Waals surface area contributed by atoms with Crippen molar-refractivity contribution in [2.45, 2.75) is 18.0 Å². The van der Waals surface area contributed by atoms with Gasteiger partial charge in [0.25, 0.3) is 0 Å². The Labute approximate surface area is 154 Å². The highest BCUT2D eigenvalue weighted by molar-refractivity contribution is 8.00. The Balaban J connectivity index is 1.76. The van der Waals surface area contributed by atoms with Crippen LogP contribution in [0.2, 0.25) is 0 Å². The number of amides is 1. The molecular weight excluding hydrogens is 357 g/mol. The summed E-state index contributed by atoms with van der Waals surface area (Å²) >= 11 is 1.31. The van der Waals surface area contributed by atoms with Crippen LogP contribution in [0.1, 0.15) is 6.92 Å². The zero-order valence-electron chi connectivity index (χ0n) is 14.3. The van der Waals surface area contributed by atoms with Crippen molar-refractivity contribution in [3.63, 3.8) is 0 Å². The van der Waals surface area contributed by atoms with Gasteiger partial charge in [-0.3, -0.25) is 4.79 Å². The van der Waals surface area contributed by atoms with Crippen LogP contribution in [-0.4, -0.2) is 51.2 Å². The molecule has 0 aliphatic rings. The number of nitrogens with zero attached hydrogens (tertiary/aromatic N) is 4. The maximum atomic E-state index is 13.1. The Morgan fingerprint density at radius 3 is 2.85 bits per heavy atom. The van der Waals surface area contributed by atoms with Gasteiger partial charge in [0.1, 0.15) is 17.2 Å². The molecule has 1 amide bonds. The molecule has 0 spiro atoms. The van der Waals surface area contributed by atoms with Crippen LogP contribution in [0.5, 0.6) is 0 Å². The lowest BCUT2D eigenvalue weighted by Crippen LogP contribution is -2.36. The maximum Gasteiger partial charge on any atom is 0.230 e. The number of methoxy groups -OCH3 is 1. The fraction of sp³-hybridized carbons (Fsp3) is 0.294. The molecule has 3 rings (SSSR count). The minimum absolute atomic E-state index is 0.0558. The van der Waals surface area contributed by atoms with Crippen LogP contribution in [0.4, 0.5) is 4.39 Å². The first-order valence-corrected chi connectivity index (χ1v) is 8.93. The number of halogens is 1. The number of hydrogen-bond acceptors (Lipinski definition) is 6. The van der Waals surface area contributed by atoms with E-state index in [1.807, 2.05) is 6.92 Å². The molecule has 0 saturated carbocycles. The number of rotatable bonds is 7. The molecule has 1 unspecified atom stereocenters. The van der Waals surface area contributed by atoms with Crippen LogP contribution in [0.15, 0.2) is 41.8 Å². The van der Waals surface area contributed by atoms with Crippen LogP contribution in [0, 0.1) is 5.82 Å². The second-order valence-corrected chi connectivity index (χ2v) is 6.63. The summed E-state index contributed by atoms with van der Waals surface area (Å²) in [4.78, 5) is 20.5. The lowest BCUT2D eigenvalue weighted by Gasteiger charge is -2.12. The van der Waals surface area contributed by atoms with Crippen molar-refractivity contribution in [2.24, 2.45) is 0 Å². The number of benzene rings is 1. The highest BCUT2D eigenvalue weighted by Crippen LogP contribution is 2.25. The van der Waals surface area contributed by atoms with E-state index in [0.29, 0.717) is 23.0 Å². The number of thioether (sulfide) groups is 1. The molecule has 3 aromatic rings. The second kappa shape index (κ2) is 8.24. The molecular formula is C17H18FN5O2S. The summed E-state index contributed by atoms with van der Waals surface area (Å²) in [6.45, 7) is 2.33. The predicted molar refractivity (Wildman–Crippen MR) is 96.8 cm³/mol. The van der Waals surface area contributed by atoms with Gasteiger partial charge in [0, 0.05) is 13.2 Å². The Hall–Kier alpha value is -2.52. The molecule has 2 heterocycles. The third-order valence-electron chi connectivity index (χ3n) is 3.56. The van der Waals surface area contributed by atoms with Crippen LogP contribution in [-0.2, 0) is 9.53 Å². The molecule has 0 saturated heterocycles. The van der Waals surface area contributed by atoms with Gasteiger partial charge in [-0.2, -0.15) is 5.10 Å². The molecule has 1 N–H and O–H groups in total. The standard InChI is InChI=1S/C17H18FN5O2S/c1-11(8-25-2)22-15(24)9-26-17-14-7-21-23(16(14)19-10-20-17)13-5-3-12(18)4-6-13/h3-7,10-11H,8-9H2,1-2H3,(H,22,24). The van der Waals surface area contributed by atoms with Gasteiger partial charge in [-0.1, -0.05) is 11.8 Å². The third-order valence-corrected chi connectivity index (χ3v) is 4.57. The van der Waals surface area contributed by atoms with Gasteiger partial charge in [-0.05, 0) is 31.2 Å². The first-order chi connectivity index (χ1) is 12.6. The Bertz CT molecular complexity index is 900. The summed E-state index contributed by atoms with van der Waals surface area (Å²) in [5, 5.41) is 8.57. The molecule has 0 fully saturated rings. The normalized spacial score (nSPS) is 12.3. The van der Waals surface area contributed by atoms with Crippen molar-refractivity contribution in [1.29, 1.82) is 0 Å². The van der Waals surface area contributed by atoms with Gasteiger partial charge in [-0.25, -0.2) is 19.0 Å². The van der Waals surface area contributed by atoms with Crippen molar-refractivity contribution in [1.82, 2.24) is 25.1 Å². The molecule has 0 radical (unpaired) electrons. The van der Waals surface area contributed by atoms with E-state index in [2.05, 4.69) is 20.4 Å². The van der Waals surface area contributed by atoms with Crippen molar-refractivity contribution >= 4 is 28.7 Å². The fourth-order valence-electron chi connectivity index (χ4n) is 2.45. The van der Waals surface area contributed by atoms with Crippen molar-refractivity contribution in [2.75, 3.05) is 19.5 Å². The van der Waals surface area contributed by atoms with Gasteiger partial charge >= 0.3 is 0 Å². The highest BCUT2D eigenvalue weighted by Gasteiger charge is 2.14. The highest BCUT2D eigenvalue weighted by atomic mass is 32.2. The number of aromatic nitrogens is 4. The minimum Gasteiger partial charge on any atom is -0.383 e. The van der Waals surface area contributed by atoms with Crippen LogP contribution in [0.25, 0.3) is 16.7 Å². The third kappa shape index (κ3) is 4.17. The van der Waals surface area contributed by atoms with E-state index in [4.69, 9.17) is 4.74 Å². The summed E-state index contributed by atoms with van der Waals surface area (Å²) in [5.74, 6) is -0.191. The summed E-state index contributed by atoms with van der Waals surface area (Å²) in [7, 11) is 1.59. The first-order valence-electron chi connectivity index (χ1n) is 7.94. The Morgan fingerprint density at radius 1 is 1.35 bits per heavy atom. The predicted octanol–water partition coefficient (Wildman–Crippen LogP) is 2.20. The van der Waals surface area contributed by atoms with Crippen LogP contribution < -0.4 is 5.32 Å². The average molecular weight is 375 g/mol. The largest absolute Gasteiger partial charge is 0.383 e. The quantitative estimate of drug-likeness (QED) is 0.504. The number of carbonyl (C=O) groups excluding carboxylic acids is 1. The summed E-state index contributed by atoms with van der Waals surface area (Å²) in [5.41, 5.74) is 1.30. The van der Waals surface area contributed by atoms with E-state index in [1.54, 1.807) is 30.1 Å². The fourth-order valence-corrected chi connectivity index (χ4v) is 3.22. The summed E-state index contributed by atoms with van der Waals surface area (Å²) in [6.07, 6.45) is 3.07. The smallest absolute Gasteiger partial charge is 0.230 e. The molecule has 9 heteroatoms. The minimum atomic E-state index is -0.315. The zero-order valence-corrected chi connectivity index (χ0v) is 15.2. The number of nitrogens with one attached hydrogen (secondary N) is 1. The summed E-state index contributed by atoms with van der Waals surface area (Å²) < 4.78 is 19.7. The molecule has 0 bridgehead atoms. The average Bonchev–Trinajstić information content (AvgIpc) is 3.05. The molecule has 7 nitrogen and oxygen atoms in total. The van der Waals surface area contributed by atoms with Gasteiger partial charge in [0.2, 0.25) is 5.91 Å². The van der Waals surface area contributed by atoms with E-state index >= 15 is 0 Å². The van der Waals surface area contributed by atoms with Crippen molar-refractivity contribution < 1.29 is 13.9 Å². The van der Waals surface area contributed by atoms with Crippen LogP contribution >= 0.6 is 11.8 Å². The van der Waals surface area contributed by atoms with Gasteiger partial charge in [0.15, 0.2) is 5.65 Å². The zero-order chi connectivity index (χ0) is 18.5. The van der Waals surface area contributed by atoms with E-state index in [1.165, 1.54) is 30.2 Å². The monoisotopic (exact) mass is 375 g/mol. The number of fused-ring (bicyclic) bond motifs is 1. The van der Waals surface area contributed by atoms with Gasteiger partial charge < -0.3 is 10.1 Å². The molecule has 0 aliphatic carbocycles. The number of hydrogen-bond donors (Lipinski definition) is 1. The molecule has 26 heavy (non-hydrogen) atoms. The molecule has 1 aromatic carbocycles. The molecule has 1 atom stereocenters. The SMILES string of the molecule is COCC(C)NC(=O)CSc1ncnc2c1cnn2-c1ccc(F)cc1. The van der Waals surface area contributed by atoms with Crippen molar-refractivity contribution in [3.05, 3.63) is 42.6 Å².